The minimum atomic E-state index is -0.213. The summed E-state index contributed by atoms with van der Waals surface area (Å²) in [6.45, 7) is 5.94. The minimum absolute atomic E-state index is 0.119. The maximum atomic E-state index is 13.9. The molecule has 1 aliphatic rings. The van der Waals surface area contributed by atoms with E-state index >= 15 is 0 Å². The zero-order valence-electron chi connectivity index (χ0n) is 15.7. The highest BCUT2D eigenvalue weighted by atomic mass is 19.1. The SMILES string of the molecule is Cc1cc(N2CCC(C)(c3ncc(Cc4ccccc4F)o3)CC2)ncn1. The molecule has 0 unspecified atom stereocenters. The Morgan fingerprint density at radius 3 is 2.67 bits per heavy atom. The van der Waals surface area contributed by atoms with E-state index in [0.717, 1.165) is 43.3 Å². The summed E-state index contributed by atoms with van der Waals surface area (Å²) in [5.41, 5.74) is 1.48. The van der Waals surface area contributed by atoms with E-state index in [1.165, 1.54) is 6.07 Å². The summed E-state index contributed by atoms with van der Waals surface area (Å²) in [5, 5.41) is 0. The Hall–Kier alpha value is -2.76. The van der Waals surface area contributed by atoms with Crippen LogP contribution in [0, 0.1) is 12.7 Å². The molecule has 3 heterocycles. The molecule has 0 radical (unpaired) electrons. The summed E-state index contributed by atoms with van der Waals surface area (Å²) in [6, 6.07) is 8.79. The van der Waals surface area contributed by atoms with E-state index in [4.69, 9.17) is 4.42 Å². The first kappa shape index (κ1) is 17.6. The van der Waals surface area contributed by atoms with Gasteiger partial charge in [0.05, 0.1) is 6.20 Å². The fourth-order valence-corrected chi connectivity index (χ4v) is 3.55. The van der Waals surface area contributed by atoms with Gasteiger partial charge in [0.15, 0.2) is 5.89 Å². The van der Waals surface area contributed by atoms with Crippen molar-refractivity contribution in [2.75, 3.05) is 18.0 Å². The lowest BCUT2D eigenvalue weighted by molar-refractivity contribution is 0.278. The molecule has 1 aromatic carbocycles. The molecule has 1 saturated heterocycles. The smallest absolute Gasteiger partial charge is 0.200 e. The molecule has 0 aliphatic carbocycles. The van der Waals surface area contributed by atoms with Crippen molar-refractivity contribution in [2.45, 2.75) is 38.5 Å². The van der Waals surface area contributed by atoms with E-state index in [1.807, 2.05) is 19.1 Å². The molecule has 0 amide bonds. The van der Waals surface area contributed by atoms with Crippen molar-refractivity contribution >= 4 is 5.82 Å². The molecule has 4 rings (SSSR count). The molecule has 0 atom stereocenters. The molecule has 1 aliphatic heterocycles. The van der Waals surface area contributed by atoms with E-state index in [0.29, 0.717) is 17.7 Å². The summed E-state index contributed by atoms with van der Waals surface area (Å²) in [4.78, 5) is 15.3. The summed E-state index contributed by atoms with van der Waals surface area (Å²) in [7, 11) is 0. The number of nitrogens with zero attached hydrogens (tertiary/aromatic N) is 4. The van der Waals surface area contributed by atoms with Crippen LogP contribution in [0.5, 0.6) is 0 Å². The van der Waals surface area contributed by atoms with Crippen molar-refractivity contribution < 1.29 is 8.81 Å². The summed E-state index contributed by atoms with van der Waals surface area (Å²) in [6.07, 6.45) is 5.61. The van der Waals surface area contributed by atoms with E-state index in [2.05, 4.69) is 26.8 Å². The van der Waals surface area contributed by atoms with Crippen LogP contribution in [0.15, 0.2) is 47.3 Å². The number of oxazole rings is 1. The Bertz CT molecular complexity index is 931. The predicted molar refractivity (Wildman–Crippen MR) is 101 cm³/mol. The van der Waals surface area contributed by atoms with Crippen LogP contribution in [0.3, 0.4) is 0 Å². The summed E-state index contributed by atoms with van der Waals surface area (Å²) in [5.74, 6) is 2.20. The highest BCUT2D eigenvalue weighted by Crippen LogP contribution is 2.36. The first-order valence-electron chi connectivity index (χ1n) is 9.26. The second-order valence-electron chi connectivity index (χ2n) is 7.47. The van der Waals surface area contributed by atoms with E-state index in [-0.39, 0.29) is 11.2 Å². The zero-order chi connectivity index (χ0) is 18.9. The average molecular weight is 366 g/mol. The normalized spacial score (nSPS) is 16.5. The van der Waals surface area contributed by atoms with E-state index in [1.54, 1.807) is 24.7 Å². The van der Waals surface area contributed by atoms with Gasteiger partial charge in [-0.2, -0.15) is 0 Å². The molecule has 27 heavy (non-hydrogen) atoms. The maximum absolute atomic E-state index is 13.9. The Balaban J connectivity index is 1.45. The topological polar surface area (TPSA) is 55.1 Å². The molecule has 140 valence electrons. The molecule has 0 N–H and O–H groups in total. The van der Waals surface area contributed by atoms with Gasteiger partial charge in [-0.1, -0.05) is 25.1 Å². The molecule has 0 saturated carbocycles. The van der Waals surface area contributed by atoms with Gasteiger partial charge in [0, 0.05) is 36.7 Å². The quantitative estimate of drug-likeness (QED) is 0.697. The molecule has 0 bridgehead atoms. The Morgan fingerprint density at radius 1 is 1.15 bits per heavy atom. The van der Waals surface area contributed by atoms with Gasteiger partial charge in [-0.05, 0) is 31.4 Å². The molecule has 0 spiro atoms. The highest BCUT2D eigenvalue weighted by molar-refractivity contribution is 5.39. The first-order chi connectivity index (χ1) is 13.0. The lowest BCUT2D eigenvalue weighted by atomic mass is 9.80. The summed E-state index contributed by atoms with van der Waals surface area (Å²) >= 11 is 0. The molecular weight excluding hydrogens is 343 g/mol. The van der Waals surface area contributed by atoms with Crippen LogP contribution in [-0.4, -0.2) is 28.0 Å². The number of hydrogen-bond donors (Lipinski definition) is 0. The van der Waals surface area contributed by atoms with Gasteiger partial charge in [-0.15, -0.1) is 0 Å². The number of piperidine rings is 1. The molecule has 5 nitrogen and oxygen atoms in total. The monoisotopic (exact) mass is 366 g/mol. The van der Waals surface area contributed by atoms with Gasteiger partial charge < -0.3 is 9.32 Å². The van der Waals surface area contributed by atoms with Crippen molar-refractivity contribution in [1.82, 2.24) is 15.0 Å². The van der Waals surface area contributed by atoms with Crippen LogP contribution in [0.4, 0.5) is 10.2 Å². The number of aromatic nitrogens is 3. The van der Waals surface area contributed by atoms with E-state index in [9.17, 15) is 4.39 Å². The average Bonchev–Trinajstić information content (AvgIpc) is 3.14. The lowest BCUT2D eigenvalue weighted by Crippen LogP contribution is -2.41. The van der Waals surface area contributed by atoms with Gasteiger partial charge in [-0.3, -0.25) is 0 Å². The largest absolute Gasteiger partial charge is 0.445 e. The molecule has 6 heteroatoms. The maximum Gasteiger partial charge on any atom is 0.200 e. The van der Waals surface area contributed by atoms with Crippen LogP contribution in [0.25, 0.3) is 0 Å². The van der Waals surface area contributed by atoms with Crippen molar-refractivity contribution in [3.8, 4) is 0 Å². The zero-order valence-corrected chi connectivity index (χ0v) is 15.7. The van der Waals surface area contributed by atoms with Crippen LogP contribution >= 0.6 is 0 Å². The first-order valence-corrected chi connectivity index (χ1v) is 9.26. The number of anilines is 1. The molecule has 1 fully saturated rings. The van der Waals surface area contributed by atoms with Crippen LogP contribution in [0.1, 0.15) is 42.7 Å². The Labute approximate surface area is 158 Å². The van der Waals surface area contributed by atoms with Gasteiger partial charge in [0.25, 0.3) is 0 Å². The summed E-state index contributed by atoms with van der Waals surface area (Å²) < 4.78 is 19.9. The highest BCUT2D eigenvalue weighted by Gasteiger charge is 2.36. The Kier molecular flexibility index (Phi) is 4.64. The van der Waals surface area contributed by atoms with Crippen molar-refractivity contribution in [3.63, 3.8) is 0 Å². The standard InChI is InChI=1S/C21H23FN4O/c1-15-11-19(25-14-24-15)26-9-7-21(2,8-10-26)20-23-13-17(27-20)12-16-5-3-4-6-18(16)22/h3-6,11,13-14H,7-10,12H2,1-2H3. The number of hydrogen-bond acceptors (Lipinski definition) is 5. The number of aryl methyl sites for hydroxylation is 1. The van der Waals surface area contributed by atoms with Gasteiger partial charge >= 0.3 is 0 Å². The fraction of sp³-hybridized carbons (Fsp3) is 0.381. The fourth-order valence-electron chi connectivity index (χ4n) is 3.55. The number of rotatable bonds is 4. The van der Waals surface area contributed by atoms with Crippen molar-refractivity contribution in [2.24, 2.45) is 0 Å². The third-order valence-corrected chi connectivity index (χ3v) is 5.37. The molecule has 2 aromatic heterocycles. The van der Waals surface area contributed by atoms with Crippen LogP contribution in [-0.2, 0) is 11.8 Å². The molecule has 3 aromatic rings. The van der Waals surface area contributed by atoms with E-state index < -0.39 is 0 Å². The third kappa shape index (κ3) is 3.70. The second-order valence-corrected chi connectivity index (χ2v) is 7.47. The number of benzene rings is 1. The number of halogens is 1. The van der Waals surface area contributed by atoms with Crippen molar-refractivity contribution in [1.29, 1.82) is 0 Å². The van der Waals surface area contributed by atoms with Gasteiger partial charge in [-0.25, -0.2) is 19.3 Å². The third-order valence-electron chi connectivity index (χ3n) is 5.37. The van der Waals surface area contributed by atoms with Crippen molar-refractivity contribution in [3.05, 3.63) is 71.6 Å². The Morgan fingerprint density at radius 2 is 1.93 bits per heavy atom. The molecular formula is C21H23FN4O. The second kappa shape index (κ2) is 7.10. The van der Waals surface area contributed by atoms with Gasteiger partial charge in [0.1, 0.15) is 23.7 Å². The minimum Gasteiger partial charge on any atom is -0.445 e. The lowest BCUT2D eigenvalue weighted by Gasteiger charge is -2.37. The van der Waals surface area contributed by atoms with Crippen LogP contribution < -0.4 is 4.90 Å². The van der Waals surface area contributed by atoms with Gasteiger partial charge in [0.2, 0.25) is 0 Å². The van der Waals surface area contributed by atoms with Crippen LogP contribution in [0.2, 0.25) is 0 Å². The predicted octanol–water partition coefficient (Wildman–Crippen LogP) is 4.06.